The van der Waals surface area contributed by atoms with Gasteiger partial charge in [-0.05, 0) is 35.3 Å². The largest absolute Gasteiger partial charge is 0.507 e. The van der Waals surface area contributed by atoms with Crippen molar-refractivity contribution in [2.75, 3.05) is 0 Å². The molecule has 0 amide bonds. The van der Waals surface area contributed by atoms with Crippen molar-refractivity contribution in [2.24, 2.45) is 0 Å². The molecular weight excluding hydrogens is 276 g/mol. The maximum absolute atomic E-state index is 12.0. The van der Waals surface area contributed by atoms with E-state index < -0.39 is 5.97 Å². The van der Waals surface area contributed by atoms with Crippen molar-refractivity contribution < 1.29 is 14.6 Å². The molecule has 0 aromatic heterocycles. The molecule has 2 rings (SSSR count). The van der Waals surface area contributed by atoms with E-state index in [1.54, 1.807) is 24.3 Å². The van der Waals surface area contributed by atoms with Crippen LogP contribution >= 0.6 is 0 Å². The molecule has 0 atom stereocenters. The number of ether oxygens (including phenoxy) is 1. The number of carbonyl (C=O) groups is 1. The van der Waals surface area contributed by atoms with Gasteiger partial charge in [-0.3, -0.25) is 0 Å². The number of carbonyl (C=O) groups excluding carboxylic acids is 1. The zero-order valence-corrected chi connectivity index (χ0v) is 11.3. The zero-order valence-electron chi connectivity index (χ0n) is 11.3. The molecule has 0 aliphatic heterocycles. The van der Waals surface area contributed by atoms with Crippen molar-refractivity contribution in [2.45, 2.75) is 0 Å². The molecule has 0 fully saturated rings. The second kappa shape index (κ2) is 7.12. The van der Waals surface area contributed by atoms with Gasteiger partial charge in [0.25, 0.3) is 0 Å². The highest BCUT2D eigenvalue weighted by Crippen LogP contribution is 2.27. The van der Waals surface area contributed by atoms with Crippen LogP contribution in [0.25, 0.3) is 10.8 Å². The zero-order chi connectivity index (χ0) is 15.8. The molecule has 2 aromatic rings. The Balaban J connectivity index is 2.21. The monoisotopic (exact) mass is 284 g/mol. The lowest BCUT2D eigenvalue weighted by molar-refractivity contribution is 0.0693. The summed E-state index contributed by atoms with van der Waals surface area (Å²) in [5, 5.41) is 10.9. The Morgan fingerprint density at radius 1 is 0.955 bits per heavy atom. The predicted octanol–water partition coefficient (Wildman–Crippen LogP) is 2.30. The summed E-state index contributed by atoms with van der Waals surface area (Å²) in [5.74, 6) is 13.3. The first-order valence-corrected chi connectivity index (χ1v) is 6.11. The second-order valence-corrected chi connectivity index (χ2v) is 3.94. The second-order valence-electron chi connectivity index (χ2n) is 3.94. The number of rotatable bonds is 1. The topological polar surface area (TPSA) is 46.5 Å². The van der Waals surface area contributed by atoms with Gasteiger partial charge in [-0.2, -0.15) is 0 Å². The van der Waals surface area contributed by atoms with E-state index in [0.717, 1.165) is 0 Å². The van der Waals surface area contributed by atoms with Crippen molar-refractivity contribution >= 4 is 16.7 Å². The van der Waals surface area contributed by atoms with Crippen molar-refractivity contribution in [1.82, 2.24) is 0 Å². The SMILES string of the molecule is C#CC#CC#CC#COC(=O)c1ccc(O)c2ccccc12. The third-order valence-corrected chi connectivity index (χ3v) is 2.64. The third-order valence-electron chi connectivity index (χ3n) is 2.64. The molecule has 102 valence electrons. The molecule has 0 heterocycles. The van der Waals surface area contributed by atoms with Gasteiger partial charge in [-0.25, -0.2) is 4.79 Å². The Morgan fingerprint density at radius 3 is 2.41 bits per heavy atom. The fourth-order valence-corrected chi connectivity index (χ4v) is 1.74. The van der Waals surface area contributed by atoms with Gasteiger partial charge < -0.3 is 9.84 Å². The number of esters is 1. The van der Waals surface area contributed by atoms with Gasteiger partial charge in [-0.15, -0.1) is 6.42 Å². The summed E-state index contributed by atoms with van der Waals surface area (Å²) < 4.78 is 4.81. The van der Waals surface area contributed by atoms with E-state index in [0.29, 0.717) is 16.3 Å². The highest BCUT2D eigenvalue weighted by atomic mass is 16.5. The lowest BCUT2D eigenvalue weighted by Crippen LogP contribution is -2.01. The van der Waals surface area contributed by atoms with Gasteiger partial charge in [0.05, 0.1) is 5.56 Å². The number of fused-ring (bicyclic) bond motifs is 1. The van der Waals surface area contributed by atoms with Gasteiger partial charge in [0.15, 0.2) is 0 Å². The first kappa shape index (κ1) is 14.6. The Morgan fingerprint density at radius 2 is 1.64 bits per heavy atom. The molecule has 0 aliphatic carbocycles. The fraction of sp³-hybridized carbons (Fsp3) is 0. The Bertz CT molecular complexity index is 959. The lowest BCUT2D eigenvalue weighted by atomic mass is 10.0. The van der Waals surface area contributed by atoms with Gasteiger partial charge in [0, 0.05) is 23.1 Å². The number of terminal acetylenes is 1. The molecule has 0 saturated heterocycles. The van der Waals surface area contributed by atoms with E-state index in [1.807, 2.05) is 0 Å². The Kier molecular flexibility index (Phi) is 4.73. The summed E-state index contributed by atoms with van der Waals surface area (Å²) >= 11 is 0. The van der Waals surface area contributed by atoms with Crippen LogP contribution in [0.15, 0.2) is 36.4 Å². The summed E-state index contributed by atoms with van der Waals surface area (Å²) in [6.45, 7) is 0. The normalized spacial score (nSPS) is 8.14. The van der Waals surface area contributed by atoms with Crippen LogP contribution in [-0.2, 0) is 4.74 Å². The third kappa shape index (κ3) is 3.40. The summed E-state index contributed by atoms with van der Waals surface area (Å²) in [7, 11) is 0. The number of hydrogen-bond acceptors (Lipinski definition) is 3. The highest BCUT2D eigenvalue weighted by molar-refractivity contribution is 6.06. The smallest absolute Gasteiger partial charge is 0.352 e. The quantitative estimate of drug-likeness (QED) is 0.645. The van der Waals surface area contributed by atoms with Crippen molar-refractivity contribution in [3.8, 4) is 53.8 Å². The van der Waals surface area contributed by atoms with Crippen molar-refractivity contribution in [3.63, 3.8) is 0 Å². The van der Waals surface area contributed by atoms with E-state index in [1.165, 1.54) is 12.1 Å². The number of hydrogen-bond donors (Lipinski definition) is 1. The predicted molar refractivity (Wildman–Crippen MR) is 83.2 cm³/mol. The molecule has 3 heteroatoms. The molecule has 1 N–H and O–H groups in total. The van der Waals surface area contributed by atoms with Gasteiger partial charge in [0.1, 0.15) is 11.9 Å². The number of phenolic OH excluding ortho intramolecular Hbond substituents is 1. The van der Waals surface area contributed by atoms with Crippen LogP contribution < -0.4 is 0 Å². The Hall–Kier alpha value is -3.79. The minimum atomic E-state index is -0.625. The maximum atomic E-state index is 12.0. The summed E-state index contributed by atoms with van der Waals surface area (Å²) in [5.41, 5.74) is 0.308. The molecule has 0 aliphatic rings. The molecule has 0 spiro atoms. The number of benzene rings is 2. The molecular formula is C19H8O3. The fourth-order valence-electron chi connectivity index (χ4n) is 1.74. The summed E-state index contributed by atoms with van der Waals surface area (Å²) in [6.07, 6.45) is 7.10. The summed E-state index contributed by atoms with van der Waals surface area (Å²) in [6, 6.07) is 9.87. The average Bonchev–Trinajstić information content (AvgIpc) is 2.54. The first-order valence-electron chi connectivity index (χ1n) is 6.11. The molecule has 0 unspecified atom stereocenters. The molecule has 0 saturated carbocycles. The van der Waals surface area contributed by atoms with Crippen LogP contribution in [0, 0.1) is 48.1 Å². The van der Waals surface area contributed by atoms with Crippen LogP contribution in [0.3, 0.4) is 0 Å². The van der Waals surface area contributed by atoms with E-state index in [2.05, 4.69) is 41.6 Å². The van der Waals surface area contributed by atoms with Crippen molar-refractivity contribution in [3.05, 3.63) is 42.0 Å². The molecule has 0 bridgehead atoms. The maximum Gasteiger partial charge on any atom is 0.352 e. The standard InChI is InChI=1S/C19H8O3/c1-2-3-4-5-6-9-14-22-19(21)17-12-13-18(20)16-11-8-7-10-15(16)17/h1,7-8,10-13,20H. The van der Waals surface area contributed by atoms with Crippen LogP contribution in [-0.4, -0.2) is 11.1 Å². The van der Waals surface area contributed by atoms with Crippen LogP contribution in [0.1, 0.15) is 10.4 Å². The van der Waals surface area contributed by atoms with Crippen LogP contribution in [0.5, 0.6) is 5.75 Å². The first-order chi connectivity index (χ1) is 10.7. The van der Waals surface area contributed by atoms with Crippen molar-refractivity contribution in [1.29, 1.82) is 0 Å². The van der Waals surface area contributed by atoms with E-state index >= 15 is 0 Å². The van der Waals surface area contributed by atoms with Crippen LogP contribution in [0.2, 0.25) is 0 Å². The lowest BCUT2D eigenvalue weighted by Gasteiger charge is -2.05. The van der Waals surface area contributed by atoms with Gasteiger partial charge in [0.2, 0.25) is 0 Å². The summed E-state index contributed by atoms with van der Waals surface area (Å²) in [4.78, 5) is 12.0. The minimum Gasteiger partial charge on any atom is -0.507 e. The number of aromatic hydroxyl groups is 1. The average molecular weight is 284 g/mol. The van der Waals surface area contributed by atoms with E-state index in [-0.39, 0.29) is 5.75 Å². The molecule has 0 radical (unpaired) electrons. The van der Waals surface area contributed by atoms with Gasteiger partial charge in [-0.1, -0.05) is 24.3 Å². The molecule has 2 aromatic carbocycles. The molecule has 22 heavy (non-hydrogen) atoms. The minimum absolute atomic E-state index is 0.0937. The van der Waals surface area contributed by atoms with Crippen LogP contribution in [0.4, 0.5) is 0 Å². The van der Waals surface area contributed by atoms with E-state index in [9.17, 15) is 9.90 Å². The molecule has 3 nitrogen and oxygen atoms in total. The van der Waals surface area contributed by atoms with E-state index in [4.69, 9.17) is 11.2 Å². The Labute approximate surface area is 127 Å². The van der Waals surface area contributed by atoms with Gasteiger partial charge >= 0.3 is 5.97 Å². The highest BCUT2D eigenvalue weighted by Gasteiger charge is 2.12. The number of phenols is 1.